The standard InChI is InChI=1S/C13H10FN3O3S/c14-11-9-10(3-1-8-18)4-5-12(11)21(19,20)17-13-15-6-2-7-16-13/h2,4-7,9,18H,8H2,(H,15,16,17). The number of halogens is 1. The van der Waals surface area contributed by atoms with Gasteiger partial charge >= 0.3 is 0 Å². The number of benzene rings is 1. The van der Waals surface area contributed by atoms with Crippen molar-refractivity contribution in [3.05, 3.63) is 48.0 Å². The molecule has 0 spiro atoms. The average molecular weight is 307 g/mol. The van der Waals surface area contributed by atoms with E-state index in [1.165, 1.54) is 24.5 Å². The van der Waals surface area contributed by atoms with E-state index >= 15 is 0 Å². The number of hydrogen-bond donors (Lipinski definition) is 2. The zero-order chi connectivity index (χ0) is 15.3. The quantitative estimate of drug-likeness (QED) is 0.817. The Morgan fingerprint density at radius 3 is 2.62 bits per heavy atom. The molecule has 2 rings (SSSR count). The van der Waals surface area contributed by atoms with E-state index in [0.717, 1.165) is 12.1 Å². The molecule has 1 heterocycles. The molecule has 0 saturated carbocycles. The van der Waals surface area contributed by atoms with E-state index < -0.39 is 20.7 Å². The van der Waals surface area contributed by atoms with Crippen LogP contribution in [0.5, 0.6) is 0 Å². The van der Waals surface area contributed by atoms with Gasteiger partial charge in [0.15, 0.2) is 0 Å². The monoisotopic (exact) mass is 307 g/mol. The molecule has 0 aliphatic heterocycles. The molecule has 108 valence electrons. The molecule has 1 aromatic carbocycles. The van der Waals surface area contributed by atoms with Crippen LogP contribution in [0, 0.1) is 17.7 Å². The molecule has 0 bridgehead atoms. The number of hydrogen-bond acceptors (Lipinski definition) is 5. The first-order chi connectivity index (χ1) is 10.0. The van der Waals surface area contributed by atoms with Crippen LogP contribution in [-0.2, 0) is 10.0 Å². The fraction of sp³-hybridized carbons (Fsp3) is 0.0769. The molecule has 2 N–H and O–H groups in total. The van der Waals surface area contributed by atoms with E-state index in [0.29, 0.717) is 0 Å². The fourth-order valence-electron chi connectivity index (χ4n) is 1.47. The minimum atomic E-state index is -4.13. The van der Waals surface area contributed by atoms with Crippen molar-refractivity contribution in [3.8, 4) is 11.8 Å². The first-order valence-electron chi connectivity index (χ1n) is 5.72. The molecule has 21 heavy (non-hydrogen) atoms. The maximum Gasteiger partial charge on any atom is 0.267 e. The second-order valence-electron chi connectivity index (χ2n) is 3.78. The molecule has 0 saturated heterocycles. The topological polar surface area (TPSA) is 92.2 Å². The highest BCUT2D eigenvalue weighted by atomic mass is 32.2. The highest BCUT2D eigenvalue weighted by Crippen LogP contribution is 2.18. The molecular formula is C13H10FN3O3S. The summed E-state index contributed by atoms with van der Waals surface area (Å²) in [6.45, 7) is -0.366. The third-order valence-electron chi connectivity index (χ3n) is 2.32. The van der Waals surface area contributed by atoms with Crippen molar-refractivity contribution in [2.75, 3.05) is 11.3 Å². The van der Waals surface area contributed by atoms with Crippen molar-refractivity contribution in [3.63, 3.8) is 0 Å². The van der Waals surface area contributed by atoms with E-state index in [9.17, 15) is 12.8 Å². The molecule has 1 aromatic heterocycles. The molecule has 8 heteroatoms. The summed E-state index contributed by atoms with van der Waals surface area (Å²) in [6.07, 6.45) is 2.71. The van der Waals surface area contributed by atoms with Crippen LogP contribution in [0.3, 0.4) is 0 Å². The number of nitrogens with zero attached hydrogens (tertiary/aromatic N) is 2. The Balaban J connectivity index is 2.32. The molecule has 0 radical (unpaired) electrons. The maximum atomic E-state index is 13.9. The zero-order valence-electron chi connectivity index (χ0n) is 10.6. The Morgan fingerprint density at radius 2 is 2.00 bits per heavy atom. The van der Waals surface area contributed by atoms with Gasteiger partial charge in [0.25, 0.3) is 10.0 Å². The first kappa shape index (κ1) is 14.9. The lowest BCUT2D eigenvalue weighted by molar-refractivity contribution is 0.350. The van der Waals surface area contributed by atoms with Crippen LogP contribution in [0.15, 0.2) is 41.6 Å². The summed E-state index contributed by atoms with van der Waals surface area (Å²) in [5.41, 5.74) is 0.261. The summed E-state index contributed by atoms with van der Waals surface area (Å²) in [5.74, 6) is 3.72. The Bertz CT molecular complexity index is 798. The second-order valence-corrected chi connectivity index (χ2v) is 5.43. The largest absolute Gasteiger partial charge is 0.384 e. The number of aromatic nitrogens is 2. The Labute approximate surface area is 120 Å². The van der Waals surface area contributed by atoms with Gasteiger partial charge in [0.1, 0.15) is 17.3 Å². The van der Waals surface area contributed by atoms with Crippen molar-refractivity contribution in [1.82, 2.24) is 9.97 Å². The van der Waals surface area contributed by atoms with Crippen molar-refractivity contribution in [1.29, 1.82) is 0 Å². The SMILES string of the molecule is O=S(=O)(Nc1ncccn1)c1ccc(C#CCO)cc1F. The highest BCUT2D eigenvalue weighted by molar-refractivity contribution is 7.92. The Kier molecular flexibility index (Phi) is 4.47. The van der Waals surface area contributed by atoms with Crippen molar-refractivity contribution in [2.45, 2.75) is 4.90 Å². The molecule has 0 aliphatic carbocycles. The second kappa shape index (κ2) is 6.30. The number of aliphatic hydroxyl groups is 1. The van der Waals surface area contributed by atoms with Crippen LogP contribution < -0.4 is 4.72 Å². The molecule has 0 atom stereocenters. The van der Waals surface area contributed by atoms with Gasteiger partial charge in [-0.1, -0.05) is 11.8 Å². The predicted octanol–water partition coefficient (Wildman–Crippen LogP) is 0.760. The third-order valence-corrected chi connectivity index (χ3v) is 3.69. The van der Waals surface area contributed by atoms with Gasteiger partial charge in [-0.05, 0) is 24.3 Å². The highest BCUT2D eigenvalue weighted by Gasteiger charge is 2.20. The summed E-state index contributed by atoms with van der Waals surface area (Å²) >= 11 is 0. The van der Waals surface area contributed by atoms with Crippen LogP contribution in [0.4, 0.5) is 10.3 Å². The smallest absolute Gasteiger partial charge is 0.267 e. The van der Waals surface area contributed by atoms with Gasteiger partial charge in [0.2, 0.25) is 5.95 Å². The van der Waals surface area contributed by atoms with E-state index in [1.807, 2.05) is 0 Å². The van der Waals surface area contributed by atoms with Crippen LogP contribution in [-0.4, -0.2) is 30.1 Å². The summed E-state index contributed by atoms with van der Waals surface area (Å²) in [4.78, 5) is 6.87. The van der Waals surface area contributed by atoms with E-state index in [4.69, 9.17) is 5.11 Å². The van der Waals surface area contributed by atoms with Crippen molar-refractivity contribution < 1.29 is 17.9 Å². The first-order valence-corrected chi connectivity index (χ1v) is 7.20. The number of aliphatic hydroxyl groups excluding tert-OH is 1. The molecule has 0 unspecified atom stereocenters. The van der Waals surface area contributed by atoms with Crippen molar-refractivity contribution in [2.24, 2.45) is 0 Å². The summed E-state index contributed by atoms with van der Waals surface area (Å²) in [6, 6.07) is 4.92. The van der Waals surface area contributed by atoms with Gasteiger partial charge in [0, 0.05) is 18.0 Å². The lowest BCUT2D eigenvalue weighted by atomic mass is 10.2. The van der Waals surface area contributed by atoms with E-state index in [2.05, 4.69) is 26.5 Å². The van der Waals surface area contributed by atoms with Crippen LogP contribution >= 0.6 is 0 Å². The molecule has 0 fully saturated rings. The van der Waals surface area contributed by atoms with Crippen LogP contribution in [0.25, 0.3) is 0 Å². The number of sulfonamides is 1. The van der Waals surface area contributed by atoms with Crippen LogP contribution in [0.1, 0.15) is 5.56 Å². The number of nitrogens with one attached hydrogen (secondary N) is 1. The molecule has 6 nitrogen and oxygen atoms in total. The summed E-state index contributed by atoms with van der Waals surface area (Å²) in [7, 11) is -4.13. The Hall–Kier alpha value is -2.50. The normalized spacial score (nSPS) is 10.6. The van der Waals surface area contributed by atoms with E-state index in [1.54, 1.807) is 0 Å². The lowest BCUT2D eigenvalue weighted by Crippen LogP contribution is -2.16. The van der Waals surface area contributed by atoms with Gasteiger partial charge in [-0.2, -0.15) is 0 Å². The molecule has 2 aromatic rings. The van der Waals surface area contributed by atoms with Gasteiger partial charge < -0.3 is 5.11 Å². The summed E-state index contributed by atoms with van der Waals surface area (Å²) in [5, 5.41) is 8.56. The molecule has 0 aliphatic rings. The summed E-state index contributed by atoms with van der Waals surface area (Å²) < 4.78 is 40.0. The average Bonchev–Trinajstić information content (AvgIpc) is 2.45. The van der Waals surface area contributed by atoms with Crippen molar-refractivity contribution >= 4 is 16.0 Å². The van der Waals surface area contributed by atoms with Gasteiger partial charge in [-0.3, -0.25) is 0 Å². The van der Waals surface area contributed by atoms with Gasteiger partial charge in [-0.15, -0.1) is 0 Å². The van der Waals surface area contributed by atoms with Crippen LogP contribution in [0.2, 0.25) is 0 Å². The zero-order valence-corrected chi connectivity index (χ0v) is 11.4. The lowest BCUT2D eigenvalue weighted by Gasteiger charge is -2.07. The number of anilines is 1. The Morgan fingerprint density at radius 1 is 1.29 bits per heavy atom. The third kappa shape index (κ3) is 3.75. The maximum absolute atomic E-state index is 13.9. The minimum absolute atomic E-state index is 0.152. The van der Waals surface area contributed by atoms with E-state index in [-0.39, 0.29) is 18.1 Å². The number of rotatable bonds is 3. The van der Waals surface area contributed by atoms with Gasteiger partial charge in [-0.25, -0.2) is 27.5 Å². The molecule has 0 amide bonds. The minimum Gasteiger partial charge on any atom is -0.384 e. The molecular weight excluding hydrogens is 297 g/mol. The predicted molar refractivity (Wildman–Crippen MR) is 73.2 cm³/mol. The fourth-order valence-corrected chi connectivity index (χ4v) is 2.48. The van der Waals surface area contributed by atoms with Gasteiger partial charge in [0.05, 0.1) is 0 Å².